The standard InChI is InChI=1S/C12H14N4S/c13-11-16-8-4-5-12(14,7-9(8)17-11)10-3-1-2-6-15-10/h1-3,6H,4-5,7,14H2,(H2,13,16). The number of aromatic nitrogens is 2. The molecule has 1 aliphatic rings. The monoisotopic (exact) mass is 246 g/mol. The van der Waals surface area contributed by atoms with Gasteiger partial charge in [0.15, 0.2) is 5.13 Å². The lowest BCUT2D eigenvalue weighted by atomic mass is 9.81. The van der Waals surface area contributed by atoms with Crippen molar-refractivity contribution < 1.29 is 0 Å². The number of pyridine rings is 1. The first-order valence-corrected chi connectivity index (χ1v) is 6.43. The van der Waals surface area contributed by atoms with Crippen LogP contribution in [0.5, 0.6) is 0 Å². The summed E-state index contributed by atoms with van der Waals surface area (Å²) in [5.74, 6) is 0. The number of fused-ring (bicyclic) bond motifs is 1. The van der Waals surface area contributed by atoms with Crippen molar-refractivity contribution in [2.75, 3.05) is 5.73 Å². The van der Waals surface area contributed by atoms with Crippen LogP contribution in [0, 0.1) is 0 Å². The van der Waals surface area contributed by atoms with Crippen LogP contribution in [0.25, 0.3) is 0 Å². The minimum absolute atomic E-state index is 0.368. The molecule has 4 nitrogen and oxygen atoms in total. The Morgan fingerprint density at radius 1 is 1.35 bits per heavy atom. The molecule has 0 saturated carbocycles. The third-order valence-electron chi connectivity index (χ3n) is 3.25. The van der Waals surface area contributed by atoms with Crippen molar-refractivity contribution >= 4 is 16.5 Å². The maximum Gasteiger partial charge on any atom is 0.180 e. The number of nitrogen functional groups attached to an aromatic ring is 1. The van der Waals surface area contributed by atoms with Crippen molar-refractivity contribution in [3.05, 3.63) is 40.7 Å². The highest BCUT2D eigenvalue weighted by atomic mass is 32.1. The Balaban J connectivity index is 1.97. The van der Waals surface area contributed by atoms with E-state index in [1.807, 2.05) is 18.2 Å². The molecule has 2 aromatic heterocycles. The van der Waals surface area contributed by atoms with E-state index < -0.39 is 0 Å². The topological polar surface area (TPSA) is 77.8 Å². The minimum atomic E-state index is -0.368. The van der Waals surface area contributed by atoms with Crippen LogP contribution in [0.3, 0.4) is 0 Å². The fraction of sp³-hybridized carbons (Fsp3) is 0.333. The molecule has 2 aromatic rings. The van der Waals surface area contributed by atoms with Gasteiger partial charge in [-0.15, -0.1) is 11.3 Å². The number of thiazole rings is 1. The summed E-state index contributed by atoms with van der Waals surface area (Å²) < 4.78 is 0. The van der Waals surface area contributed by atoms with E-state index in [2.05, 4.69) is 9.97 Å². The summed E-state index contributed by atoms with van der Waals surface area (Å²) in [5, 5.41) is 0.639. The van der Waals surface area contributed by atoms with E-state index in [4.69, 9.17) is 11.5 Å². The van der Waals surface area contributed by atoms with Gasteiger partial charge < -0.3 is 11.5 Å². The Bertz CT molecular complexity index is 537. The third kappa shape index (κ3) is 1.81. The summed E-state index contributed by atoms with van der Waals surface area (Å²) in [6.07, 6.45) is 4.34. The van der Waals surface area contributed by atoms with Gasteiger partial charge in [0.05, 0.1) is 16.9 Å². The Hall–Kier alpha value is -1.46. The minimum Gasteiger partial charge on any atom is -0.375 e. The molecule has 0 radical (unpaired) electrons. The SMILES string of the molecule is Nc1nc2c(s1)CC(N)(c1ccccn1)CC2. The molecule has 0 bridgehead atoms. The summed E-state index contributed by atoms with van der Waals surface area (Å²) >= 11 is 1.55. The molecule has 1 atom stereocenters. The van der Waals surface area contributed by atoms with E-state index in [0.29, 0.717) is 5.13 Å². The van der Waals surface area contributed by atoms with Crippen molar-refractivity contribution in [2.24, 2.45) is 5.73 Å². The molecule has 1 aliphatic carbocycles. The molecule has 17 heavy (non-hydrogen) atoms. The second-order valence-electron chi connectivity index (χ2n) is 4.47. The number of nitrogens with zero attached hydrogens (tertiary/aromatic N) is 2. The van der Waals surface area contributed by atoms with Crippen molar-refractivity contribution in [3.8, 4) is 0 Å². The predicted octanol–water partition coefficient (Wildman–Crippen LogP) is 1.46. The fourth-order valence-corrected chi connectivity index (χ4v) is 3.33. The number of anilines is 1. The molecule has 0 fully saturated rings. The lowest BCUT2D eigenvalue weighted by Crippen LogP contribution is -2.42. The maximum atomic E-state index is 6.48. The highest BCUT2D eigenvalue weighted by molar-refractivity contribution is 7.15. The average molecular weight is 246 g/mol. The second kappa shape index (κ2) is 3.78. The van der Waals surface area contributed by atoms with Gasteiger partial charge in [0.25, 0.3) is 0 Å². The molecule has 0 saturated heterocycles. The van der Waals surface area contributed by atoms with Gasteiger partial charge in [0, 0.05) is 17.5 Å². The van der Waals surface area contributed by atoms with Crippen LogP contribution >= 0.6 is 11.3 Å². The third-order valence-corrected chi connectivity index (χ3v) is 4.18. The van der Waals surface area contributed by atoms with Crippen LogP contribution in [0.1, 0.15) is 22.7 Å². The first-order valence-electron chi connectivity index (χ1n) is 5.62. The molecular formula is C12H14N4S. The lowest BCUT2D eigenvalue weighted by molar-refractivity contribution is 0.376. The van der Waals surface area contributed by atoms with Gasteiger partial charge in [0.1, 0.15) is 0 Å². The van der Waals surface area contributed by atoms with Crippen LogP contribution in [-0.4, -0.2) is 9.97 Å². The Kier molecular flexibility index (Phi) is 2.38. The quantitative estimate of drug-likeness (QED) is 0.798. The molecule has 88 valence electrons. The molecule has 0 amide bonds. The molecule has 0 aromatic carbocycles. The molecule has 0 spiro atoms. The van der Waals surface area contributed by atoms with Crippen LogP contribution in [0.2, 0.25) is 0 Å². The highest BCUT2D eigenvalue weighted by Gasteiger charge is 2.35. The number of hydrogen-bond donors (Lipinski definition) is 2. The molecule has 0 aliphatic heterocycles. The van der Waals surface area contributed by atoms with Crippen molar-refractivity contribution in [1.29, 1.82) is 0 Å². The molecular weight excluding hydrogens is 232 g/mol. The van der Waals surface area contributed by atoms with Gasteiger partial charge in [-0.2, -0.15) is 0 Å². The molecule has 4 N–H and O–H groups in total. The van der Waals surface area contributed by atoms with Crippen molar-refractivity contribution in [2.45, 2.75) is 24.8 Å². The predicted molar refractivity (Wildman–Crippen MR) is 68.7 cm³/mol. The smallest absolute Gasteiger partial charge is 0.180 e. The lowest BCUT2D eigenvalue weighted by Gasteiger charge is -2.32. The molecule has 2 heterocycles. The fourth-order valence-electron chi connectivity index (χ4n) is 2.33. The van der Waals surface area contributed by atoms with Crippen molar-refractivity contribution in [3.63, 3.8) is 0 Å². The zero-order valence-corrected chi connectivity index (χ0v) is 10.2. The van der Waals surface area contributed by atoms with E-state index >= 15 is 0 Å². The van der Waals surface area contributed by atoms with Gasteiger partial charge >= 0.3 is 0 Å². The molecule has 5 heteroatoms. The van der Waals surface area contributed by atoms with E-state index in [1.165, 1.54) is 4.88 Å². The molecule has 3 rings (SSSR count). The van der Waals surface area contributed by atoms with E-state index in [1.54, 1.807) is 17.5 Å². The Morgan fingerprint density at radius 2 is 2.24 bits per heavy atom. The first-order chi connectivity index (χ1) is 8.17. The van der Waals surface area contributed by atoms with Gasteiger partial charge in [0.2, 0.25) is 0 Å². The van der Waals surface area contributed by atoms with Gasteiger partial charge in [-0.25, -0.2) is 4.98 Å². The van der Waals surface area contributed by atoms with E-state index in [9.17, 15) is 0 Å². The summed E-state index contributed by atoms with van der Waals surface area (Å²) in [7, 11) is 0. The largest absolute Gasteiger partial charge is 0.375 e. The van der Waals surface area contributed by atoms with Gasteiger partial charge in [-0.1, -0.05) is 6.07 Å². The normalized spacial score (nSPS) is 23.4. The summed E-state index contributed by atoms with van der Waals surface area (Å²) in [5.41, 5.74) is 13.9. The van der Waals surface area contributed by atoms with E-state index in [-0.39, 0.29) is 5.54 Å². The summed E-state index contributed by atoms with van der Waals surface area (Å²) in [6.45, 7) is 0. The first kappa shape index (κ1) is 10.7. The maximum absolute atomic E-state index is 6.48. The van der Waals surface area contributed by atoms with Gasteiger partial charge in [-0.3, -0.25) is 4.98 Å². The zero-order valence-electron chi connectivity index (χ0n) is 9.39. The van der Waals surface area contributed by atoms with Crippen LogP contribution in [0.4, 0.5) is 5.13 Å². The molecule has 1 unspecified atom stereocenters. The van der Waals surface area contributed by atoms with Crippen LogP contribution < -0.4 is 11.5 Å². The van der Waals surface area contributed by atoms with Gasteiger partial charge in [-0.05, 0) is 25.0 Å². The number of nitrogens with two attached hydrogens (primary N) is 2. The zero-order chi connectivity index (χ0) is 11.9. The summed E-state index contributed by atoms with van der Waals surface area (Å²) in [4.78, 5) is 9.92. The summed E-state index contributed by atoms with van der Waals surface area (Å²) in [6, 6.07) is 5.88. The van der Waals surface area contributed by atoms with Crippen LogP contribution in [0.15, 0.2) is 24.4 Å². The van der Waals surface area contributed by atoms with Crippen molar-refractivity contribution in [1.82, 2.24) is 9.97 Å². The Morgan fingerprint density at radius 3 is 3.00 bits per heavy atom. The number of rotatable bonds is 1. The average Bonchev–Trinajstić information content (AvgIpc) is 2.69. The Labute approximate surface area is 104 Å². The highest BCUT2D eigenvalue weighted by Crippen LogP contribution is 2.36. The van der Waals surface area contributed by atoms with E-state index in [0.717, 1.165) is 30.7 Å². The second-order valence-corrected chi connectivity index (χ2v) is 5.59. The number of aryl methyl sites for hydroxylation is 1. The number of hydrogen-bond acceptors (Lipinski definition) is 5. The van der Waals surface area contributed by atoms with Crippen LogP contribution in [-0.2, 0) is 18.4 Å².